The molecular weight excluding hydrogens is 540 g/mol. The number of anilines is 1. The number of thioether (sulfide) groups is 1. The predicted molar refractivity (Wildman–Crippen MR) is 134 cm³/mol. The molecule has 5 rings (SSSR count). The molecule has 1 aliphatic rings. The van der Waals surface area contributed by atoms with Crippen LogP contribution in [0.3, 0.4) is 0 Å². The molecule has 6 nitrogen and oxygen atoms in total. The fourth-order valence-electron chi connectivity index (χ4n) is 3.94. The number of rotatable bonds is 5. The molecule has 0 aliphatic carbocycles. The molecule has 0 saturated carbocycles. The maximum Gasteiger partial charge on any atom is 0.194 e. The number of fused-ring (bicyclic) bond motifs is 3. The van der Waals surface area contributed by atoms with Gasteiger partial charge in [0.05, 0.1) is 5.54 Å². The summed E-state index contributed by atoms with van der Waals surface area (Å²) in [6.07, 6.45) is 0.678. The van der Waals surface area contributed by atoms with Gasteiger partial charge in [-0.3, -0.25) is 4.57 Å². The smallest absolute Gasteiger partial charge is 0.194 e. The molecule has 164 valence electrons. The number of imidazole rings is 1. The van der Waals surface area contributed by atoms with E-state index >= 15 is 0 Å². The van der Waals surface area contributed by atoms with E-state index < -0.39 is 0 Å². The maximum atomic E-state index is 14.2. The second kappa shape index (κ2) is 8.18. The Hall–Kier alpha value is -2.40. The van der Waals surface area contributed by atoms with Gasteiger partial charge in [-0.05, 0) is 44.0 Å². The van der Waals surface area contributed by atoms with Crippen molar-refractivity contribution in [3.8, 4) is 16.9 Å². The number of nitrogens with zero attached hydrogens (tertiary/aromatic N) is 4. The Morgan fingerprint density at radius 3 is 2.78 bits per heavy atom. The molecule has 0 bridgehead atoms. The number of nitrogens with one attached hydrogen (secondary N) is 1. The van der Waals surface area contributed by atoms with Crippen LogP contribution in [0.5, 0.6) is 5.75 Å². The third-order valence-electron chi connectivity index (χ3n) is 5.54. The Morgan fingerprint density at radius 1 is 1.16 bits per heavy atom. The Labute approximate surface area is 202 Å². The van der Waals surface area contributed by atoms with Crippen LogP contribution in [0.15, 0.2) is 47.6 Å². The molecule has 0 spiro atoms. The molecular formula is C23H21FIN5OS. The lowest BCUT2D eigenvalue weighted by atomic mass is 10.00. The van der Waals surface area contributed by atoms with Crippen LogP contribution in [0, 0.1) is 9.65 Å². The lowest BCUT2D eigenvalue weighted by Crippen LogP contribution is -2.24. The zero-order chi connectivity index (χ0) is 22.5. The molecule has 32 heavy (non-hydrogen) atoms. The third kappa shape index (κ3) is 3.81. The first-order valence-corrected chi connectivity index (χ1v) is 12.3. The molecule has 2 aromatic carbocycles. The van der Waals surface area contributed by atoms with Gasteiger partial charge in [-0.2, -0.15) is 0 Å². The number of halogens is 2. The Balaban J connectivity index is 1.39. The third-order valence-corrected chi connectivity index (χ3v) is 7.41. The highest BCUT2D eigenvalue weighted by Gasteiger charge is 2.34. The summed E-state index contributed by atoms with van der Waals surface area (Å²) in [7, 11) is 0. The summed E-state index contributed by atoms with van der Waals surface area (Å²) in [5.41, 5.74) is 3.45. The summed E-state index contributed by atoms with van der Waals surface area (Å²) < 4.78 is 17.1. The van der Waals surface area contributed by atoms with Crippen LogP contribution < -0.4 is 5.32 Å². The standard InChI is InChI=1S/C23H21FIN5OS/c1-23(2)12-32-22-27-18-19(28-21(25)29-20(18)30(22)23)26-10-9-13-7-8-17(31)15(11-13)14-5-3-4-6-16(14)24/h3-8,11,31H,9-10,12H2,1-2H3,(H,26,28,29). The van der Waals surface area contributed by atoms with E-state index in [4.69, 9.17) is 4.98 Å². The molecule has 0 saturated heterocycles. The van der Waals surface area contributed by atoms with Crippen LogP contribution in [-0.4, -0.2) is 36.9 Å². The highest BCUT2D eigenvalue weighted by atomic mass is 127. The van der Waals surface area contributed by atoms with Crippen LogP contribution in [0.1, 0.15) is 19.4 Å². The van der Waals surface area contributed by atoms with Crippen molar-refractivity contribution in [3.05, 3.63) is 57.7 Å². The van der Waals surface area contributed by atoms with Crippen molar-refractivity contribution >= 4 is 51.3 Å². The van der Waals surface area contributed by atoms with E-state index in [0.717, 1.165) is 27.6 Å². The highest BCUT2D eigenvalue weighted by Crippen LogP contribution is 2.40. The van der Waals surface area contributed by atoms with Gasteiger partial charge in [0.2, 0.25) is 0 Å². The van der Waals surface area contributed by atoms with E-state index in [9.17, 15) is 9.50 Å². The van der Waals surface area contributed by atoms with Gasteiger partial charge < -0.3 is 10.4 Å². The van der Waals surface area contributed by atoms with E-state index in [-0.39, 0.29) is 17.1 Å². The Bertz CT molecular complexity index is 1340. The number of aromatic nitrogens is 4. The zero-order valence-electron chi connectivity index (χ0n) is 17.6. The second-order valence-electron chi connectivity index (χ2n) is 8.35. The molecule has 1 aliphatic heterocycles. The van der Waals surface area contributed by atoms with Gasteiger partial charge in [-0.25, -0.2) is 19.3 Å². The Kier molecular flexibility index (Phi) is 5.48. The monoisotopic (exact) mass is 561 g/mol. The van der Waals surface area contributed by atoms with Gasteiger partial charge in [-0.1, -0.05) is 36.0 Å². The van der Waals surface area contributed by atoms with Crippen LogP contribution in [0.2, 0.25) is 0 Å². The highest BCUT2D eigenvalue weighted by molar-refractivity contribution is 14.1. The SMILES string of the molecule is CC1(C)CSc2nc3c(NCCc4ccc(O)c(-c5ccccc5F)c4)nc(I)nc3n21. The largest absolute Gasteiger partial charge is 0.507 e. The van der Waals surface area contributed by atoms with Crippen molar-refractivity contribution in [1.82, 2.24) is 19.5 Å². The number of benzene rings is 2. The summed E-state index contributed by atoms with van der Waals surface area (Å²) >= 11 is 3.87. The number of phenols is 1. The van der Waals surface area contributed by atoms with Crippen molar-refractivity contribution in [1.29, 1.82) is 0 Å². The first-order valence-electron chi connectivity index (χ1n) is 10.2. The molecule has 0 radical (unpaired) electrons. The van der Waals surface area contributed by atoms with Crippen molar-refractivity contribution in [2.45, 2.75) is 31.0 Å². The van der Waals surface area contributed by atoms with Crippen molar-refractivity contribution in [2.75, 3.05) is 17.6 Å². The molecule has 2 N–H and O–H groups in total. The van der Waals surface area contributed by atoms with Crippen molar-refractivity contribution < 1.29 is 9.50 Å². The predicted octanol–water partition coefficient (Wildman–Crippen LogP) is 5.44. The van der Waals surface area contributed by atoms with E-state index in [2.05, 4.69) is 56.3 Å². The minimum atomic E-state index is -0.357. The molecule has 0 unspecified atom stereocenters. The number of hydrogen-bond acceptors (Lipinski definition) is 6. The van der Waals surface area contributed by atoms with Crippen LogP contribution >= 0.6 is 34.4 Å². The zero-order valence-corrected chi connectivity index (χ0v) is 20.5. The van der Waals surface area contributed by atoms with Gasteiger partial charge in [0.1, 0.15) is 11.6 Å². The number of hydrogen-bond donors (Lipinski definition) is 2. The fourth-order valence-corrected chi connectivity index (χ4v) is 5.64. The summed E-state index contributed by atoms with van der Waals surface area (Å²) in [5.74, 6) is 1.39. The normalized spacial score (nSPS) is 14.6. The minimum Gasteiger partial charge on any atom is -0.507 e. The molecule has 4 aromatic rings. The summed E-state index contributed by atoms with van der Waals surface area (Å²) in [5, 5.41) is 14.6. The van der Waals surface area contributed by atoms with Gasteiger partial charge in [0, 0.05) is 46.0 Å². The average Bonchev–Trinajstić information content (AvgIpc) is 3.27. The van der Waals surface area contributed by atoms with Gasteiger partial charge in [-0.15, -0.1) is 0 Å². The molecule has 3 heterocycles. The lowest BCUT2D eigenvalue weighted by molar-refractivity contribution is 0.404. The van der Waals surface area contributed by atoms with Crippen LogP contribution in [-0.2, 0) is 12.0 Å². The van der Waals surface area contributed by atoms with E-state index in [0.29, 0.717) is 33.7 Å². The maximum absolute atomic E-state index is 14.2. The quantitative estimate of drug-likeness (QED) is 0.250. The number of phenolic OH excluding ortho intramolecular Hbond substituents is 1. The fraction of sp³-hybridized carbons (Fsp3) is 0.261. The molecule has 0 atom stereocenters. The van der Waals surface area contributed by atoms with Gasteiger partial charge in [0.15, 0.2) is 26.0 Å². The van der Waals surface area contributed by atoms with E-state index in [1.807, 2.05) is 12.1 Å². The van der Waals surface area contributed by atoms with E-state index in [1.165, 1.54) is 6.07 Å². The van der Waals surface area contributed by atoms with Crippen molar-refractivity contribution in [2.24, 2.45) is 0 Å². The first-order chi connectivity index (χ1) is 15.3. The second-order valence-corrected chi connectivity index (χ2v) is 10.3. The summed E-state index contributed by atoms with van der Waals surface area (Å²) in [4.78, 5) is 14.0. The average molecular weight is 561 g/mol. The van der Waals surface area contributed by atoms with E-state index in [1.54, 1.807) is 36.0 Å². The topological polar surface area (TPSA) is 75.9 Å². The lowest BCUT2D eigenvalue weighted by Gasteiger charge is -2.20. The van der Waals surface area contributed by atoms with Gasteiger partial charge in [0.25, 0.3) is 0 Å². The Morgan fingerprint density at radius 2 is 1.97 bits per heavy atom. The van der Waals surface area contributed by atoms with Gasteiger partial charge >= 0.3 is 0 Å². The minimum absolute atomic E-state index is 0.0430. The molecule has 2 aromatic heterocycles. The first kappa shape index (κ1) is 21.4. The van der Waals surface area contributed by atoms with Crippen LogP contribution in [0.25, 0.3) is 22.3 Å². The molecule has 0 amide bonds. The summed E-state index contributed by atoms with van der Waals surface area (Å²) in [6.45, 7) is 5.00. The van der Waals surface area contributed by atoms with Crippen molar-refractivity contribution in [3.63, 3.8) is 0 Å². The molecule has 9 heteroatoms. The summed E-state index contributed by atoms with van der Waals surface area (Å²) in [6, 6.07) is 11.8. The molecule has 0 fully saturated rings. The number of aromatic hydroxyl groups is 1. The van der Waals surface area contributed by atoms with Crippen LogP contribution in [0.4, 0.5) is 10.2 Å².